The lowest BCUT2D eigenvalue weighted by Crippen LogP contribution is -2.60. The molecule has 1 atom stereocenters. The predicted molar refractivity (Wildman–Crippen MR) is 91.1 cm³/mol. The van der Waals surface area contributed by atoms with Gasteiger partial charge in [0.2, 0.25) is 11.8 Å². The number of carbonyl (C=O) groups is 2. The fourth-order valence-electron chi connectivity index (χ4n) is 4.33. The van der Waals surface area contributed by atoms with Gasteiger partial charge in [0.15, 0.2) is 0 Å². The molecule has 2 aliphatic rings. The van der Waals surface area contributed by atoms with Gasteiger partial charge < -0.3 is 10.6 Å². The first kappa shape index (κ1) is 16.5. The molecule has 2 N–H and O–H groups in total. The quantitative estimate of drug-likeness (QED) is 0.910. The highest BCUT2D eigenvalue weighted by Crippen LogP contribution is 2.44. The van der Waals surface area contributed by atoms with Gasteiger partial charge in [0.05, 0.1) is 12.5 Å². The van der Waals surface area contributed by atoms with Gasteiger partial charge >= 0.3 is 0 Å². The van der Waals surface area contributed by atoms with E-state index in [2.05, 4.69) is 4.90 Å². The van der Waals surface area contributed by atoms with Crippen molar-refractivity contribution in [2.75, 3.05) is 26.7 Å². The zero-order valence-corrected chi connectivity index (χ0v) is 14.5. The second-order valence-electron chi connectivity index (χ2n) is 6.89. The summed E-state index contributed by atoms with van der Waals surface area (Å²) in [4.78, 5) is 29.6. The van der Waals surface area contributed by atoms with E-state index in [0.29, 0.717) is 6.42 Å². The molecule has 6 heteroatoms. The molecule has 1 unspecified atom stereocenters. The average molecular weight is 335 g/mol. The molecule has 2 amide bonds. The van der Waals surface area contributed by atoms with Crippen LogP contribution in [0.5, 0.6) is 0 Å². The third-order valence-electron chi connectivity index (χ3n) is 5.49. The Balaban J connectivity index is 1.64. The van der Waals surface area contributed by atoms with Crippen LogP contribution in [-0.4, -0.2) is 54.3 Å². The molecule has 2 saturated heterocycles. The molecule has 126 valence electrons. The largest absolute Gasteiger partial charge is 0.368 e. The molecule has 0 aromatic carbocycles. The van der Waals surface area contributed by atoms with Crippen LogP contribution in [0.15, 0.2) is 17.5 Å². The molecule has 0 aliphatic carbocycles. The van der Waals surface area contributed by atoms with Gasteiger partial charge in [-0.15, -0.1) is 11.3 Å². The average Bonchev–Trinajstić information content (AvgIpc) is 3.00. The zero-order chi connectivity index (χ0) is 16.4. The summed E-state index contributed by atoms with van der Waals surface area (Å²) in [7, 11) is 1.99. The van der Waals surface area contributed by atoms with Crippen molar-refractivity contribution in [3.63, 3.8) is 0 Å². The van der Waals surface area contributed by atoms with E-state index in [1.54, 1.807) is 11.3 Å². The van der Waals surface area contributed by atoms with Crippen LogP contribution in [0.2, 0.25) is 0 Å². The Labute approximate surface area is 141 Å². The van der Waals surface area contributed by atoms with Crippen LogP contribution in [0.25, 0.3) is 0 Å². The number of amides is 2. The van der Waals surface area contributed by atoms with Crippen molar-refractivity contribution in [3.05, 3.63) is 22.4 Å². The number of piperidine rings is 2. The minimum atomic E-state index is -0.217. The van der Waals surface area contributed by atoms with Crippen molar-refractivity contribution >= 4 is 23.2 Å². The van der Waals surface area contributed by atoms with E-state index in [1.807, 2.05) is 29.5 Å². The van der Waals surface area contributed by atoms with E-state index in [-0.39, 0.29) is 23.3 Å². The number of nitrogens with zero attached hydrogens (tertiary/aromatic N) is 2. The normalized spacial score (nSPS) is 24.7. The molecule has 23 heavy (non-hydrogen) atoms. The Morgan fingerprint density at radius 2 is 2.04 bits per heavy atom. The second kappa shape index (κ2) is 6.61. The number of likely N-dealkylation sites (tertiary alicyclic amines) is 2. The standard InChI is InChI=1S/C17H25N3O2S/c1-19-8-3-5-17(15(19)16(18)22)6-9-20(10-7-17)14(21)12-13-4-2-11-23-13/h2,4,11,15H,3,5-10,12H2,1H3,(H2,18,22). The molecule has 0 bridgehead atoms. The highest BCUT2D eigenvalue weighted by molar-refractivity contribution is 7.10. The molecule has 1 aromatic heterocycles. The molecule has 0 radical (unpaired) electrons. The van der Waals surface area contributed by atoms with Crippen molar-refractivity contribution < 1.29 is 9.59 Å². The minimum absolute atomic E-state index is 0.0431. The van der Waals surface area contributed by atoms with E-state index >= 15 is 0 Å². The van der Waals surface area contributed by atoms with Crippen LogP contribution in [0, 0.1) is 5.41 Å². The molecule has 3 rings (SSSR count). The van der Waals surface area contributed by atoms with Crippen LogP contribution in [0.4, 0.5) is 0 Å². The number of hydrogen-bond donors (Lipinski definition) is 1. The summed E-state index contributed by atoms with van der Waals surface area (Å²) >= 11 is 1.63. The summed E-state index contributed by atoms with van der Waals surface area (Å²) in [6, 6.07) is 3.80. The van der Waals surface area contributed by atoms with Gasteiger partial charge in [-0.3, -0.25) is 14.5 Å². The monoisotopic (exact) mass is 335 g/mol. The SMILES string of the molecule is CN1CCCC2(CCN(C(=O)Cc3cccs3)CC2)C1C(N)=O. The molecule has 2 fully saturated rings. The first-order chi connectivity index (χ1) is 11.0. The maximum Gasteiger partial charge on any atom is 0.235 e. The van der Waals surface area contributed by atoms with Gasteiger partial charge in [-0.1, -0.05) is 6.07 Å². The maximum atomic E-state index is 12.4. The lowest BCUT2D eigenvalue weighted by molar-refractivity contribution is -0.138. The van der Waals surface area contributed by atoms with Crippen molar-refractivity contribution in [2.24, 2.45) is 11.1 Å². The predicted octanol–water partition coefficient (Wildman–Crippen LogP) is 1.48. The Hall–Kier alpha value is -1.40. The van der Waals surface area contributed by atoms with Crippen LogP contribution in [-0.2, 0) is 16.0 Å². The molecule has 0 saturated carbocycles. The summed E-state index contributed by atoms with van der Waals surface area (Å²) in [5, 5.41) is 2.00. The van der Waals surface area contributed by atoms with Gasteiger partial charge in [-0.25, -0.2) is 0 Å². The summed E-state index contributed by atoms with van der Waals surface area (Å²) in [6.07, 6.45) is 4.38. The second-order valence-corrected chi connectivity index (χ2v) is 7.92. The molecular weight excluding hydrogens is 310 g/mol. The number of primary amides is 1. The lowest BCUT2D eigenvalue weighted by Gasteiger charge is -2.51. The van der Waals surface area contributed by atoms with Gasteiger partial charge in [0.1, 0.15) is 0 Å². The number of nitrogens with two attached hydrogens (primary N) is 1. The number of carbonyl (C=O) groups excluding carboxylic acids is 2. The van der Waals surface area contributed by atoms with Crippen molar-refractivity contribution in [2.45, 2.75) is 38.1 Å². The lowest BCUT2D eigenvalue weighted by atomic mass is 9.66. The van der Waals surface area contributed by atoms with Gasteiger partial charge in [-0.05, 0) is 56.1 Å². The Morgan fingerprint density at radius 3 is 2.65 bits per heavy atom. The molecule has 5 nitrogen and oxygen atoms in total. The van der Waals surface area contributed by atoms with Gasteiger partial charge in [0.25, 0.3) is 0 Å². The number of thiophene rings is 1. The fourth-order valence-corrected chi connectivity index (χ4v) is 5.03. The Kier molecular flexibility index (Phi) is 4.73. The van der Waals surface area contributed by atoms with Crippen molar-refractivity contribution in [3.8, 4) is 0 Å². The highest BCUT2D eigenvalue weighted by atomic mass is 32.1. The molecular formula is C17H25N3O2S. The molecule has 1 aromatic rings. The highest BCUT2D eigenvalue weighted by Gasteiger charge is 2.48. The van der Waals surface area contributed by atoms with E-state index < -0.39 is 0 Å². The number of rotatable bonds is 3. The third kappa shape index (κ3) is 3.28. The first-order valence-electron chi connectivity index (χ1n) is 8.31. The zero-order valence-electron chi connectivity index (χ0n) is 13.7. The molecule has 3 heterocycles. The summed E-state index contributed by atoms with van der Waals surface area (Å²) in [5.41, 5.74) is 5.65. The Bertz CT molecular complexity index is 564. The maximum absolute atomic E-state index is 12.4. The summed E-state index contributed by atoms with van der Waals surface area (Å²) in [5.74, 6) is -0.0207. The van der Waals surface area contributed by atoms with Crippen molar-refractivity contribution in [1.82, 2.24) is 9.80 Å². The number of likely N-dealkylation sites (N-methyl/N-ethyl adjacent to an activating group) is 1. The smallest absolute Gasteiger partial charge is 0.235 e. The summed E-state index contributed by atoms with van der Waals surface area (Å²) in [6.45, 7) is 2.40. The third-order valence-corrected chi connectivity index (χ3v) is 6.37. The Morgan fingerprint density at radius 1 is 1.30 bits per heavy atom. The van der Waals surface area contributed by atoms with E-state index in [1.165, 1.54) is 0 Å². The molecule has 2 aliphatic heterocycles. The fraction of sp³-hybridized carbons (Fsp3) is 0.647. The van der Waals surface area contributed by atoms with E-state index in [0.717, 1.165) is 50.2 Å². The number of hydrogen-bond acceptors (Lipinski definition) is 4. The van der Waals surface area contributed by atoms with Crippen LogP contribution < -0.4 is 5.73 Å². The van der Waals surface area contributed by atoms with Crippen LogP contribution in [0.3, 0.4) is 0 Å². The summed E-state index contributed by atoms with van der Waals surface area (Å²) < 4.78 is 0. The van der Waals surface area contributed by atoms with E-state index in [9.17, 15) is 9.59 Å². The molecule has 1 spiro atoms. The van der Waals surface area contributed by atoms with E-state index in [4.69, 9.17) is 5.73 Å². The van der Waals surface area contributed by atoms with Gasteiger partial charge in [0, 0.05) is 18.0 Å². The van der Waals surface area contributed by atoms with Gasteiger partial charge in [-0.2, -0.15) is 0 Å². The van der Waals surface area contributed by atoms with Crippen molar-refractivity contribution in [1.29, 1.82) is 0 Å². The van der Waals surface area contributed by atoms with Crippen LogP contribution >= 0.6 is 11.3 Å². The van der Waals surface area contributed by atoms with Crippen LogP contribution in [0.1, 0.15) is 30.6 Å². The topological polar surface area (TPSA) is 66.6 Å². The minimum Gasteiger partial charge on any atom is -0.368 e. The first-order valence-corrected chi connectivity index (χ1v) is 9.19.